The van der Waals surface area contributed by atoms with E-state index in [9.17, 15) is 9.18 Å². The van der Waals surface area contributed by atoms with E-state index in [0.717, 1.165) is 11.3 Å². The van der Waals surface area contributed by atoms with Crippen molar-refractivity contribution in [3.63, 3.8) is 0 Å². The lowest BCUT2D eigenvalue weighted by Crippen LogP contribution is -2.31. The topological polar surface area (TPSA) is 88.0 Å². The Morgan fingerprint density at radius 1 is 1.09 bits per heavy atom. The van der Waals surface area contributed by atoms with Gasteiger partial charge in [-0.3, -0.25) is 9.78 Å². The molecule has 3 heterocycles. The average molecular weight is 470 g/mol. The van der Waals surface area contributed by atoms with Gasteiger partial charge in [0.05, 0.1) is 17.5 Å². The molecule has 2 N–H and O–H groups in total. The van der Waals surface area contributed by atoms with Crippen LogP contribution < -0.4 is 15.5 Å². The van der Waals surface area contributed by atoms with Gasteiger partial charge in [0, 0.05) is 37.2 Å². The van der Waals surface area contributed by atoms with Gasteiger partial charge in [0.1, 0.15) is 11.9 Å². The van der Waals surface area contributed by atoms with Crippen LogP contribution in [0.25, 0.3) is 11.4 Å². The number of fused-ring (bicyclic) bond motifs is 1. The molecule has 9 heteroatoms. The van der Waals surface area contributed by atoms with Crippen molar-refractivity contribution < 1.29 is 9.18 Å². The van der Waals surface area contributed by atoms with Crippen LogP contribution in [0, 0.1) is 5.82 Å². The van der Waals surface area contributed by atoms with Crippen LogP contribution in [0.2, 0.25) is 0 Å². The highest BCUT2D eigenvalue weighted by Gasteiger charge is 2.34. The summed E-state index contributed by atoms with van der Waals surface area (Å²) in [5.74, 6) is 0.355. The maximum Gasteiger partial charge on any atom is 0.255 e. The van der Waals surface area contributed by atoms with E-state index in [-0.39, 0.29) is 11.7 Å². The van der Waals surface area contributed by atoms with Crippen LogP contribution in [0.15, 0.2) is 84.3 Å². The normalized spacial score (nSPS) is 14.8. The first-order valence-electron chi connectivity index (χ1n) is 11.1. The van der Waals surface area contributed by atoms with E-state index in [1.807, 2.05) is 50.2 Å². The number of amides is 1. The van der Waals surface area contributed by atoms with Gasteiger partial charge >= 0.3 is 0 Å². The Morgan fingerprint density at radius 2 is 1.83 bits per heavy atom. The van der Waals surface area contributed by atoms with Crippen LogP contribution in [-0.2, 0) is 4.79 Å². The summed E-state index contributed by atoms with van der Waals surface area (Å²) in [5.41, 5.74) is 4.27. The highest BCUT2D eigenvalue weighted by molar-refractivity contribution is 6.05. The van der Waals surface area contributed by atoms with E-state index in [4.69, 9.17) is 10.1 Å². The van der Waals surface area contributed by atoms with Gasteiger partial charge < -0.3 is 15.5 Å². The van der Waals surface area contributed by atoms with Crippen molar-refractivity contribution in [1.29, 1.82) is 0 Å². The Labute approximate surface area is 202 Å². The minimum absolute atomic E-state index is 0.310. The molecule has 0 spiro atoms. The van der Waals surface area contributed by atoms with Crippen LogP contribution >= 0.6 is 0 Å². The average Bonchev–Trinajstić information content (AvgIpc) is 3.28. The molecule has 1 amide bonds. The minimum Gasteiger partial charge on any atom is -0.378 e. The zero-order valence-corrected chi connectivity index (χ0v) is 19.5. The molecule has 1 unspecified atom stereocenters. The molecule has 1 atom stereocenters. The van der Waals surface area contributed by atoms with E-state index in [1.165, 1.54) is 12.1 Å². The second-order valence-electron chi connectivity index (χ2n) is 8.46. The molecule has 0 bridgehead atoms. The number of hydrogen-bond acceptors (Lipinski definition) is 6. The maximum absolute atomic E-state index is 13.7. The predicted molar refractivity (Wildman–Crippen MR) is 134 cm³/mol. The van der Waals surface area contributed by atoms with Crippen molar-refractivity contribution in [1.82, 2.24) is 19.7 Å². The molecule has 35 heavy (non-hydrogen) atoms. The van der Waals surface area contributed by atoms with Gasteiger partial charge in [-0.1, -0.05) is 12.1 Å². The van der Waals surface area contributed by atoms with E-state index >= 15 is 0 Å². The van der Waals surface area contributed by atoms with Gasteiger partial charge in [0.15, 0.2) is 5.82 Å². The lowest BCUT2D eigenvalue weighted by atomic mass is 9.95. The van der Waals surface area contributed by atoms with Crippen molar-refractivity contribution in [2.24, 2.45) is 0 Å². The third-order valence-corrected chi connectivity index (χ3v) is 5.84. The monoisotopic (exact) mass is 469 g/mol. The molecule has 0 fully saturated rings. The number of allylic oxidation sites excluding steroid dienone is 1. The largest absolute Gasteiger partial charge is 0.378 e. The molecule has 0 radical (unpaired) electrons. The summed E-state index contributed by atoms with van der Waals surface area (Å²) >= 11 is 0. The summed E-state index contributed by atoms with van der Waals surface area (Å²) in [6.07, 6.45) is 3.21. The number of anilines is 3. The summed E-state index contributed by atoms with van der Waals surface area (Å²) in [6, 6.07) is 16.9. The highest BCUT2D eigenvalue weighted by Crippen LogP contribution is 2.37. The highest BCUT2D eigenvalue weighted by atomic mass is 19.1. The summed E-state index contributed by atoms with van der Waals surface area (Å²) in [7, 11) is 3.96. The van der Waals surface area contributed by atoms with Crippen molar-refractivity contribution in [3.8, 4) is 11.4 Å². The predicted octanol–water partition coefficient (Wildman–Crippen LogP) is 4.47. The van der Waals surface area contributed by atoms with Gasteiger partial charge in [-0.05, 0) is 61.0 Å². The van der Waals surface area contributed by atoms with Crippen LogP contribution in [0.5, 0.6) is 0 Å². The first-order chi connectivity index (χ1) is 16.9. The Balaban J connectivity index is 1.57. The van der Waals surface area contributed by atoms with Gasteiger partial charge in [-0.25, -0.2) is 9.07 Å². The SMILES string of the molecule is CC1=C(C(=O)Nc2cccnc2)C(c2ccc(F)cc2)n2nc(-c3ccc(N(C)C)cc3)nc2N1. The molecule has 5 rings (SSSR count). The first-order valence-corrected chi connectivity index (χ1v) is 11.1. The van der Waals surface area contributed by atoms with Gasteiger partial charge in [0.25, 0.3) is 5.91 Å². The second kappa shape index (κ2) is 9.02. The van der Waals surface area contributed by atoms with Gasteiger partial charge in [0.2, 0.25) is 5.95 Å². The van der Waals surface area contributed by atoms with E-state index in [1.54, 1.807) is 41.3 Å². The molecule has 176 valence electrons. The number of carbonyl (C=O) groups is 1. The summed E-state index contributed by atoms with van der Waals surface area (Å²) < 4.78 is 15.4. The van der Waals surface area contributed by atoms with E-state index < -0.39 is 6.04 Å². The number of pyridine rings is 1. The Hall–Kier alpha value is -4.53. The molecule has 8 nitrogen and oxygen atoms in total. The molecule has 0 aliphatic carbocycles. The fourth-order valence-corrected chi connectivity index (χ4v) is 4.06. The summed E-state index contributed by atoms with van der Waals surface area (Å²) in [5, 5.41) is 10.9. The lowest BCUT2D eigenvalue weighted by molar-refractivity contribution is -0.113. The van der Waals surface area contributed by atoms with Crippen molar-refractivity contribution in [3.05, 3.63) is 95.7 Å². The number of benzene rings is 2. The third kappa shape index (κ3) is 4.35. The minimum atomic E-state index is -0.606. The lowest BCUT2D eigenvalue weighted by Gasteiger charge is -2.28. The number of carbonyl (C=O) groups excluding carboxylic acids is 1. The Bertz CT molecular complexity index is 1390. The number of nitrogens with zero attached hydrogens (tertiary/aromatic N) is 5. The molecule has 0 saturated carbocycles. The number of hydrogen-bond donors (Lipinski definition) is 2. The number of rotatable bonds is 5. The fourth-order valence-electron chi connectivity index (χ4n) is 4.06. The van der Waals surface area contributed by atoms with Crippen LogP contribution in [0.4, 0.5) is 21.7 Å². The maximum atomic E-state index is 13.7. The Kier molecular flexibility index (Phi) is 5.74. The molecule has 2 aromatic heterocycles. The van der Waals surface area contributed by atoms with Gasteiger partial charge in [-0.2, -0.15) is 4.98 Å². The smallest absolute Gasteiger partial charge is 0.255 e. The Morgan fingerprint density at radius 3 is 2.49 bits per heavy atom. The second-order valence-corrected chi connectivity index (χ2v) is 8.46. The molecular weight excluding hydrogens is 445 g/mol. The summed E-state index contributed by atoms with van der Waals surface area (Å²) in [4.78, 5) is 24.2. The van der Waals surface area contributed by atoms with E-state index in [2.05, 4.69) is 15.6 Å². The summed E-state index contributed by atoms with van der Waals surface area (Å²) in [6.45, 7) is 1.82. The number of halogens is 1. The number of aromatic nitrogens is 4. The fraction of sp³-hybridized carbons (Fsp3) is 0.154. The van der Waals surface area contributed by atoms with Crippen molar-refractivity contribution in [2.45, 2.75) is 13.0 Å². The van der Waals surface area contributed by atoms with Crippen molar-refractivity contribution in [2.75, 3.05) is 29.6 Å². The quantitative estimate of drug-likeness (QED) is 0.448. The van der Waals surface area contributed by atoms with E-state index in [0.29, 0.717) is 34.3 Å². The molecule has 4 aromatic rings. The van der Waals surface area contributed by atoms with Crippen LogP contribution in [0.3, 0.4) is 0 Å². The zero-order chi connectivity index (χ0) is 24.5. The first kappa shape index (κ1) is 22.3. The molecule has 0 saturated heterocycles. The molecular formula is C26H24FN7O. The zero-order valence-electron chi connectivity index (χ0n) is 19.5. The molecule has 1 aliphatic rings. The standard InChI is InChI=1S/C26H24FN7O/c1-16-22(25(35)30-20-5-4-14-28-15-20)23(17-6-10-19(27)11-7-17)34-26(29-16)31-24(32-34)18-8-12-21(13-9-18)33(2)3/h4-15,23H,1-3H3,(H,30,35)(H,29,31,32). The number of nitrogens with one attached hydrogen (secondary N) is 2. The van der Waals surface area contributed by atoms with Gasteiger partial charge in [-0.15, -0.1) is 5.10 Å². The van der Waals surface area contributed by atoms with Crippen LogP contribution in [0.1, 0.15) is 18.5 Å². The third-order valence-electron chi connectivity index (χ3n) is 5.84. The van der Waals surface area contributed by atoms with Crippen LogP contribution in [-0.4, -0.2) is 39.8 Å². The molecule has 1 aliphatic heterocycles. The van der Waals surface area contributed by atoms with Crippen molar-refractivity contribution >= 4 is 23.2 Å². The molecule has 2 aromatic carbocycles.